The second kappa shape index (κ2) is 3.16. The number of hydrogen-bond acceptors (Lipinski definition) is 2. The molecule has 0 aromatic heterocycles. The quantitative estimate of drug-likeness (QED) is 0.301. The zero-order valence-corrected chi connectivity index (χ0v) is 6.87. The summed E-state index contributed by atoms with van der Waals surface area (Å²) in [6, 6.07) is 0. The lowest BCUT2D eigenvalue weighted by Crippen LogP contribution is -2.40. The van der Waals surface area contributed by atoms with Crippen molar-refractivity contribution < 1.29 is 0 Å². The predicted molar refractivity (Wildman–Crippen MR) is 45.2 cm³/mol. The van der Waals surface area contributed by atoms with Crippen molar-refractivity contribution in [2.24, 2.45) is 17.7 Å². The Morgan fingerprint density at radius 2 is 2.40 bits per heavy atom. The maximum Gasteiger partial charge on any atom is 0.180 e. The molecule has 0 aromatic rings. The minimum absolute atomic E-state index is 0.541. The standard InChI is InChI=1S/C6H13N3S/c1-4-2-5(4)3-8-6(10)9-7/h4-5H,2-3,7H2,1H3,(H2,8,9,10). The van der Waals surface area contributed by atoms with Crippen molar-refractivity contribution in [3.8, 4) is 0 Å². The van der Waals surface area contributed by atoms with Crippen LogP contribution in [-0.4, -0.2) is 11.7 Å². The first kappa shape index (κ1) is 7.75. The number of rotatable bonds is 2. The molecule has 4 N–H and O–H groups in total. The highest BCUT2D eigenvalue weighted by Gasteiger charge is 2.31. The lowest BCUT2D eigenvalue weighted by atomic mass is 10.3. The van der Waals surface area contributed by atoms with Gasteiger partial charge in [-0.05, 0) is 30.5 Å². The van der Waals surface area contributed by atoms with Crippen LogP contribution < -0.4 is 16.6 Å². The van der Waals surface area contributed by atoms with E-state index in [0.717, 1.165) is 18.4 Å². The zero-order chi connectivity index (χ0) is 7.56. The van der Waals surface area contributed by atoms with Crippen LogP contribution in [0.2, 0.25) is 0 Å². The van der Waals surface area contributed by atoms with Gasteiger partial charge in [-0.1, -0.05) is 6.92 Å². The fourth-order valence-electron chi connectivity index (χ4n) is 0.958. The molecule has 1 saturated carbocycles. The van der Waals surface area contributed by atoms with Crippen LogP contribution in [0.4, 0.5) is 0 Å². The number of nitrogens with one attached hydrogen (secondary N) is 2. The monoisotopic (exact) mass is 159 g/mol. The molecule has 0 aliphatic heterocycles. The third-order valence-corrected chi connectivity index (χ3v) is 2.19. The van der Waals surface area contributed by atoms with E-state index in [2.05, 4.69) is 17.7 Å². The molecule has 2 unspecified atom stereocenters. The maximum absolute atomic E-state index is 5.06. The van der Waals surface area contributed by atoms with Gasteiger partial charge in [0.2, 0.25) is 0 Å². The van der Waals surface area contributed by atoms with Gasteiger partial charge in [-0.25, -0.2) is 5.84 Å². The lowest BCUT2D eigenvalue weighted by Gasteiger charge is -2.04. The summed E-state index contributed by atoms with van der Waals surface area (Å²) >= 11 is 4.79. The summed E-state index contributed by atoms with van der Waals surface area (Å²) in [6.07, 6.45) is 1.32. The van der Waals surface area contributed by atoms with Crippen molar-refractivity contribution in [1.82, 2.24) is 10.7 Å². The lowest BCUT2D eigenvalue weighted by molar-refractivity contribution is 0.705. The molecule has 0 aromatic carbocycles. The summed E-state index contributed by atoms with van der Waals surface area (Å²) in [5, 5.41) is 3.56. The van der Waals surface area contributed by atoms with Gasteiger partial charge in [0.15, 0.2) is 5.11 Å². The van der Waals surface area contributed by atoms with Crippen LogP contribution in [0.5, 0.6) is 0 Å². The van der Waals surface area contributed by atoms with Crippen LogP contribution in [0.25, 0.3) is 0 Å². The van der Waals surface area contributed by atoms with Gasteiger partial charge in [-0.15, -0.1) is 0 Å². The van der Waals surface area contributed by atoms with E-state index in [1.54, 1.807) is 0 Å². The van der Waals surface area contributed by atoms with E-state index >= 15 is 0 Å². The van der Waals surface area contributed by atoms with E-state index < -0.39 is 0 Å². The molecule has 4 heteroatoms. The zero-order valence-electron chi connectivity index (χ0n) is 6.05. The third-order valence-electron chi connectivity index (χ3n) is 1.93. The highest BCUT2D eigenvalue weighted by atomic mass is 32.1. The average molecular weight is 159 g/mol. The Bertz CT molecular complexity index is 137. The molecule has 0 bridgehead atoms. The topological polar surface area (TPSA) is 50.1 Å². The van der Waals surface area contributed by atoms with Gasteiger partial charge in [0, 0.05) is 6.54 Å². The van der Waals surface area contributed by atoms with Gasteiger partial charge in [0.1, 0.15) is 0 Å². The van der Waals surface area contributed by atoms with E-state index in [9.17, 15) is 0 Å². The van der Waals surface area contributed by atoms with Crippen LogP contribution in [0, 0.1) is 11.8 Å². The first-order valence-corrected chi connectivity index (χ1v) is 3.89. The minimum atomic E-state index is 0.541. The molecule has 3 nitrogen and oxygen atoms in total. The Kier molecular flexibility index (Phi) is 2.45. The first-order chi connectivity index (χ1) is 4.74. The molecule has 58 valence electrons. The smallest absolute Gasteiger partial charge is 0.180 e. The normalized spacial score (nSPS) is 29.4. The molecule has 0 heterocycles. The van der Waals surface area contributed by atoms with Gasteiger partial charge in [0.05, 0.1) is 0 Å². The van der Waals surface area contributed by atoms with E-state index in [0.29, 0.717) is 5.11 Å². The SMILES string of the molecule is CC1CC1CNC(=S)NN. The van der Waals surface area contributed by atoms with Crippen molar-refractivity contribution in [2.75, 3.05) is 6.54 Å². The van der Waals surface area contributed by atoms with Crippen molar-refractivity contribution >= 4 is 17.3 Å². The maximum atomic E-state index is 5.06. The molecule has 1 fully saturated rings. The molecule has 1 aliphatic carbocycles. The van der Waals surface area contributed by atoms with Gasteiger partial charge in [-0.3, -0.25) is 0 Å². The summed E-state index contributed by atoms with van der Waals surface area (Å²) in [7, 11) is 0. The largest absolute Gasteiger partial charge is 0.361 e. The van der Waals surface area contributed by atoms with Crippen LogP contribution >= 0.6 is 12.2 Å². The Morgan fingerprint density at radius 1 is 1.80 bits per heavy atom. The predicted octanol–water partition coefficient (Wildman–Crippen LogP) is -0.0198. The summed E-state index contributed by atoms with van der Waals surface area (Å²) in [6.45, 7) is 3.20. The van der Waals surface area contributed by atoms with E-state index in [4.69, 9.17) is 18.1 Å². The Labute approximate surface area is 66.3 Å². The van der Waals surface area contributed by atoms with E-state index in [-0.39, 0.29) is 0 Å². The van der Waals surface area contributed by atoms with Crippen molar-refractivity contribution in [1.29, 1.82) is 0 Å². The number of hydrogen-bond donors (Lipinski definition) is 3. The summed E-state index contributed by atoms with van der Waals surface area (Å²) < 4.78 is 0. The fraction of sp³-hybridized carbons (Fsp3) is 0.833. The molecule has 0 amide bonds. The van der Waals surface area contributed by atoms with Crippen molar-refractivity contribution in [3.63, 3.8) is 0 Å². The van der Waals surface area contributed by atoms with Crippen LogP contribution in [0.1, 0.15) is 13.3 Å². The summed E-state index contributed by atoms with van der Waals surface area (Å²) in [4.78, 5) is 0. The third kappa shape index (κ3) is 2.11. The van der Waals surface area contributed by atoms with Gasteiger partial charge >= 0.3 is 0 Å². The molecule has 0 spiro atoms. The molecule has 10 heavy (non-hydrogen) atoms. The van der Waals surface area contributed by atoms with Crippen LogP contribution in [-0.2, 0) is 0 Å². The molecule has 2 atom stereocenters. The summed E-state index contributed by atoms with van der Waals surface area (Å²) in [5.74, 6) is 6.74. The molecule has 0 radical (unpaired) electrons. The van der Waals surface area contributed by atoms with Gasteiger partial charge < -0.3 is 10.7 Å². The van der Waals surface area contributed by atoms with Crippen LogP contribution in [0.15, 0.2) is 0 Å². The van der Waals surface area contributed by atoms with Crippen molar-refractivity contribution in [3.05, 3.63) is 0 Å². The molecule has 1 aliphatic rings. The molecular formula is C6H13N3S. The molecule has 0 saturated heterocycles. The van der Waals surface area contributed by atoms with Crippen LogP contribution in [0.3, 0.4) is 0 Å². The van der Waals surface area contributed by atoms with E-state index in [1.807, 2.05) is 0 Å². The fourth-order valence-corrected chi connectivity index (χ4v) is 1.04. The minimum Gasteiger partial charge on any atom is -0.361 e. The average Bonchev–Trinajstić information content (AvgIpc) is 2.61. The Balaban J connectivity index is 2.00. The van der Waals surface area contributed by atoms with Crippen molar-refractivity contribution in [2.45, 2.75) is 13.3 Å². The first-order valence-electron chi connectivity index (χ1n) is 3.48. The molecule has 1 rings (SSSR count). The number of thiocarbonyl (C=S) groups is 1. The highest BCUT2D eigenvalue weighted by Crippen LogP contribution is 2.36. The Hall–Kier alpha value is -0.350. The van der Waals surface area contributed by atoms with Gasteiger partial charge in [-0.2, -0.15) is 0 Å². The Morgan fingerprint density at radius 3 is 2.80 bits per heavy atom. The highest BCUT2D eigenvalue weighted by molar-refractivity contribution is 7.80. The van der Waals surface area contributed by atoms with E-state index in [1.165, 1.54) is 6.42 Å². The number of nitrogens with two attached hydrogens (primary N) is 1. The molecular weight excluding hydrogens is 146 g/mol. The summed E-state index contributed by atoms with van der Waals surface area (Å²) in [5.41, 5.74) is 2.38. The van der Waals surface area contributed by atoms with Gasteiger partial charge in [0.25, 0.3) is 0 Å². The number of hydrazine groups is 1. The second-order valence-corrected chi connectivity index (χ2v) is 3.24. The second-order valence-electron chi connectivity index (χ2n) is 2.83.